The number of benzene rings is 1. The number of sulfonamides is 1. The van der Waals surface area contributed by atoms with Gasteiger partial charge in [-0.3, -0.25) is 4.99 Å². The Morgan fingerprint density at radius 1 is 1.15 bits per heavy atom. The summed E-state index contributed by atoms with van der Waals surface area (Å²) in [6.07, 6.45) is 0. The van der Waals surface area contributed by atoms with Crippen molar-refractivity contribution in [3.8, 4) is 0 Å². The molecule has 0 atom stereocenters. The minimum atomic E-state index is -3.45. The molecule has 0 bridgehead atoms. The average Bonchev–Trinajstić information content (AvgIpc) is 3.07. The molecule has 0 radical (unpaired) electrons. The van der Waals surface area contributed by atoms with Crippen molar-refractivity contribution in [2.45, 2.75) is 17.3 Å². The van der Waals surface area contributed by atoms with E-state index in [4.69, 9.17) is 0 Å². The number of nitrogens with zero attached hydrogens (tertiary/aromatic N) is 2. The van der Waals surface area contributed by atoms with E-state index in [2.05, 4.69) is 15.6 Å². The van der Waals surface area contributed by atoms with E-state index in [-0.39, 0.29) is 40.3 Å². The lowest BCUT2D eigenvalue weighted by Crippen LogP contribution is -2.36. The van der Waals surface area contributed by atoms with Gasteiger partial charge in [-0.1, -0.05) is 0 Å². The first-order chi connectivity index (χ1) is 12.2. The second-order valence-electron chi connectivity index (χ2n) is 5.52. The number of aliphatic imine (C=N–C) groups is 1. The Morgan fingerprint density at radius 3 is 2.44 bits per heavy atom. The van der Waals surface area contributed by atoms with Crippen molar-refractivity contribution in [3.63, 3.8) is 0 Å². The summed E-state index contributed by atoms with van der Waals surface area (Å²) < 4.78 is 52.4. The highest BCUT2D eigenvalue weighted by Crippen LogP contribution is 2.23. The molecule has 1 aromatic carbocycles. The molecule has 1 heterocycles. The topological polar surface area (TPSA) is 73.8 Å². The molecule has 0 saturated heterocycles. The third-order valence-corrected chi connectivity index (χ3v) is 6.85. The van der Waals surface area contributed by atoms with Crippen molar-refractivity contribution < 1.29 is 17.2 Å². The lowest BCUT2D eigenvalue weighted by molar-refractivity contribution is 0.523. The highest BCUT2D eigenvalue weighted by molar-refractivity contribution is 14.0. The van der Waals surface area contributed by atoms with Gasteiger partial charge < -0.3 is 10.6 Å². The Kier molecular flexibility index (Phi) is 9.05. The van der Waals surface area contributed by atoms with Crippen LogP contribution in [0.5, 0.6) is 0 Å². The molecule has 27 heavy (non-hydrogen) atoms. The zero-order valence-corrected chi connectivity index (χ0v) is 19.0. The number of hydrogen-bond acceptors (Lipinski definition) is 4. The number of rotatable bonds is 6. The van der Waals surface area contributed by atoms with Crippen molar-refractivity contribution >= 4 is 51.3 Å². The fourth-order valence-electron chi connectivity index (χ4n) is 2.02. The molecular formula is C16H21F2IN4O2S2. The standard InChI is InChI=1S/C16H20F2N4O2S2.HI/c1-19-16(20-9-11-8-12(17)4-6-14(11)18)21-10-13-5-7-15(25-13)26(23,24)22(2)3;/h4-8H,9-10H2,1-3H3,(H2,19,20,21);1H. The largest absolute Gasteiger partial charge is 0.352 e. The molecule has 0 aliphatic carbocycles. The van der Waals surface area contributed by atoms with Crippen LogP contribution in [0.2, 0.25) is 0 Å². The van der Waals surface area contributed by atoms with Crippen LogP contribution in [0.3, 0.4) is 0 Å². The fourth-order valence-corrected chi connectivity index (χ4v) is 4.49. The molecule has 150 valence electrons. The van der Waals surface area contributed by atoms with Crippen LogP contribution in [0.1, 0.15) is 10.4 Å². The van der Waals surface area contributed by atoms with Crippen LogP contribution in [0.25, 0.3) is 0 Å². The first-order valence-electron chi connectivity index (χ1n) is 7.63. The number of nitrogens with one attached hydrogen (secondary N) is 2. The third kappa shape index (κ3) is 6.36. The van der Waals surface area contributed by atoms with Gasteiger partial charge >= 0.3 is 0 Å². The van der Waals surface area contributed by atoms with Gasteiger partial charge in [0.1, 0.15) is 15.8 Å². The Balaban J connectivity index is 0.00000364. The van der Waals surface area contributed by atoms with Gasteiger partial charge in [0.2, 0.25) is 0 Å². The molecular weight excluding hydrogens is 509 g/mol. The maximum Gasteiger partial charge on any atom is 0.252 e. The summed E-state index contributed by atoms with van der Waals surface area (Å²) in [7, 11) is 1.05. The van der Waals surface area contributed by atoms with E-state index in [1.165, 1.54) is 14.1 Å². The first-order valence-corrected chi connectivity index (χ1v) is 9.89. The Labute approximate surface area is 178 Å². The van der Waals surface area contributed by atoms with Crippen LogP contribution >= 0.6 is 35.3 Å². The molecule has 0 amide bonds. The average molecular weight is 530 g/mol. The second-order valence-corrected chi connectivity index (χ2v) is 9.07. The summed E-state index contributed by atoms with van der Waals surface area (Å²) in [5, 5.41) is 5.90. The van der Waals surface area contributed by atoms with Crippen LogP contribution in [0.4, 0.5) is 8.78 Å². The number of hydrogen-bond donors (Lipinski definition) is 2. The minimum absolute atomic E-state index is 0. The van der Waals surface area contributed by atoms with E-state index in [0.717, 1.165) is 38.7 Å². The maximum absolute atomic E-state index is 13.6. The minimum Gasteiger partial charge on any atom is -0.352 e. The normalized spacial score (nSPS) is 12.0. The molecule has 0 spiro atoms. The summed E-state index contributed by atoms with van der Waals surface area (Å²) in [6, 6.07) is 6.51. The lowest BCUT2D eigenvalue weighted by atomic mass is 10.2. The zero-order valence-electron chi connectivity index (χ0n) is 15.0. The first kappa shape index (κ1) is 23.7. The fraction of sp³-hybridized carbons (Fsp3) is 0.312. The lowest BCUT2D eigenvalue weighted by Gasteiger charge is -2.12. The van der Waals surface area contributed by atoms with Crippen LogP contribution in [0.15, 0.2) is 39.5 Å². The highest BCUT2D eigenvalue weighted by atomic mass is 127. The molecule has 11 heteroatoms. The zero-order chi connectivity index (χ0) is 19.3. The van der Waals surface area contributed by atoms with E-state index in [9.17, 15) is 17.2 Å². The highest BCUT2D eigenvalue weighted by Gasteiger charge is 2.19. The van der Waals surface area contributed by atoms with Gasteiger partial charge in [0.05, 0.1) is 6.54 Å². The van der Waals surface area contributed by atoms with Crippen molar-refractivity contribution in [2.24, 2.45) is 4.99 Å². The van der Waals surface area contributed by atoms with Crippen molar-refractivity contribution in [1.29, 1.82) is 0 Å². The predicted molar refractivity (Wildman–Crippen MR) is 114 cm³/mol. The van der Waals surface area contributed by atoms with Gasteiger partial charge in [-0.25, -0.2) is 21.5 Å². The molecule has 0 aliphatic heterocycles. The third-order valence-electron chi connectivity index (χ3n) is 3.48. The monoisotopic (exact) mass is 530 g/mol. The van der Waals surface area contributed by atoms with Crippen molar-refractivity contribution in [3.05, 3.63) is 52.4 Å². The van der Waals surface area contributed by atoms with Crippen LogP contribution in [-0.2, 0) is 23.1 Å². The van der Waals surface area contributed by atoms with E-state index in [1.807, 2.05) is 0 Å². The molecule has 2 N–H and O–H groups in total. The molecule has 0 saturated carbocycles. The Morgan fingerprint density at radius 2 is 1.81 bits per heavy atom. The van der Waals surface area contributed by atoms with Gasteiger partial charge in [-0.2, -0.15) is 0 Å². The van der Waals surface area contributed by atoms with E-state index in [1.54, 1.807) is 19.2 Å². The number of thiophene rings is 1. The van der Waals surface area contributed by atoms with Gasteiger partial charge in [0, 0.05) is 38.1 Å². The quantitative estimate of drug-likeness (QED) is 0.343. The molecule has 0 aliphatic rings. The SMILES string of the molecule is CN=C(NCc1ccc(S(=O)(=O)N(C)C)s1)NCc1cc(F)ccc1F.I. The second kappa shape index (κ2) is 10.3. The Hall–Kier alpha value is -1.31. The number of guanidine groups is 1. The van der Waals surface area contributed by atoms with Crippen molar-refractivity contribution in [2.75, 3.05) is 21.1 Å². The van der Waals surface area contributed by atoms with Gasteiger partial charge in [0.15, 0.2) is 5.96 Å². The van der Waals surface area contributed by atoms with Gasteiger partial charge in [-0.15, -0.1) is 35.3 Å². The summed E-state index contributed by atoms with van der Waals surface area (Å²) in [5.74, 6) is -0.635. The van der Waals surface area contributed by atoms with Gasteiger partial charge in [0.25, 0.3) is 10.0 Å². The predicted octanol–water partition coefficient (Wildman–Crippen LogP) is 2.76. The van der Waals surface area contributed by atoms with Crippen LogP contribution in [0, 0.1) is 11.6 Å². The maximum atomic E-state index is 13.6. The molecule has 1 aromatic heterocycles. The molecule has 0 fully saturated rings. The van der Waals surface area contributed by atoms with Crippen LogP contribution in [-0.4, -0.2) is 39.8 Å². The van der Waals surface area contributed by atoms with Gasteiger partial charge in [-0.05, 0) is 30.3 Å². The van der Waals surface area contributed by atoms with Crippen molar-refractivity contribution in [1.82, 2.24) is 14.9 Å². The summed E-state index contributed by atoms with van der Waals surface area (Å²) in [4.78, 5) is 4.81. The summed E-state index contributed by atoms with van der Waals surface area (Å²) in [5.41, 5.74) is 0.184. The molecule has 2 aromatic rings. The van der Waals surface area contributed by atoms with Crippen LogP contribution < -0.4 is 10.6 Å². The smallest absolute Gasteiger partial charge is 0.252 e. The Bertz CT molecular complexity index is 902. The summed E-state index contributed by atoms with van der Waals surface area (Å²) in [6.45, 7) is 0.410. The summed E-state index contributed by atoms with van der Waals surface area (Å²) >= 11 is 1.16. The van der Waals surface area contributed by atoms with E-state index < -0.39 is 21.7 Å². The van der Waals surface area contributed by atoms with E-state index in [0.29, 0.717) is 12.5 Å². The molecule has 2 rings (SSSR count). The number of halogens is 3. The van der Waals surface area contributed by atoms with E-state index >= 15 is 0 Å². The molecule has 0 unspecified atom stereocenters. The molecule has 6 nitrogen and oxygen atoms in total.